The van der Waals surface area contributed by atoms with Gasteiger partial charge in [0.05, 0.1) is 22.5 Å². The lowest BCUT2D eigenvalue weighted by Crippen LogP contribution is -2.32. The predicted octanol–water partition coefficient (Wildman–Crippen LogP) is 3.15. The first-order valence-electron chi connectivity index (χ1n) is 9.07. The van der Waals surface area contributed by atoms with Crippen LogP contribution in [0.25, 0.3) is 16.4 Å². The van der Waals surface area contributed by atoms with Crippen LogP contribution in [-0.4, -0.2) is 31.7 Å². The van der Waals surface area contributed by atoms with E-state index in [0.717, 1.165) is 18.4 Å². The van der Waals surface area contributed by atoms with Gasteiger partial charge in [0, 0.05) is 24.5 Å². The van der Waals surface area contributed by atoms with Gasteiger partial charge in [0.15, 0.2) is 0 Å². The zero-order chi connectivity index (χ0) is 18.4. The van der Waals surface area contributed by atoms with Crippen LogP contribution in [0.5, 0.6) is 0 Å². The molecule has 0 aliphatic carbocycles. The van der Waals surface area contributed by atoms with Gasteiger partial charge < -0.3 is 14.3 Å². The third-order valence-electron chi connectivity index (χ3n) is 5.21. The van der Waals surface area contributed by atoms with Crippen LogP contribution in [0.15, 0.2) is 65.7 Å². The quantitative estimate of drug-likeness (QED) is 0.598. The van der Waals surface area contributed by atoms with E-state index < -0.39 is 0 Å². The number of H-pyrrole nitrogens is 1. The molecule has 0 radical (unpaired) electrons. The highest BCUT2D eigenvalue weighted by molar-refractivity contribution is 5.96. The van der Waals surface area contributed by atoms with Gasteiger partial charge in [-0.25, -0.2) is 4.98 Å². The fourth-order valence-electron chi connectivity index (χ4n) is 3.89. The Morgan fingerprint density at radius 3 is 2.89 bits per heavy atom. The van der Waals surface area contributed by atoms with Crippen molar-refractivity contribution in [3.8, 4) is 0 Å². The lowest BCUT2D eigenvalue weighted by Gasteiger charge is -2.23. The molecule has 1 fully saturated rings. The largest absolute Gasteiger partial charge is 0.328 e. The summed E-state index contributed by atoms with van der Waals surface area (Å²) >= 11 is 0. The Labute approximate surface area is 155 Å². The van der Waals surface area contributed by atoms with Crippen LogP contribution < -0.4 is 5.56 Å². The smallest absolute Gasteiger partial charge is 0.258 e. The maximum Gasteiger partial charge on any atom is 0.258 e. The van der Waals surface area contributed by atoms with Crippen LogP contribution in [0.2, 0.25) is 0 Å². The number of aromatic amines is 1. The average Bonchev–Trinajstić information content (AvgIpc) is 3.34. The van der Waals surface area contributed by atoms with E-state index in [1.807, 2.05) is 64.2 Å². The SMILES string of the molecule is O=C(c1cc2ccccn2c1)N1CCCC1c1nc2ccccc2c(=O)[nH]1. The highest BCUT2D eigenvalue weighted by Gasteiger charge is 2.33. The normalized spacial score (nSPS) is 17.0. The highest BCUT2D eigenvalue weighted by atomic mass is 16.2. The van der Waals surface area contributed by atoms with Gasteiger partial charge in [-0.05, 0) is 43.2 Å². The van der Waals surface area contributed by atoms with Crippen molar-refractivity contribution >= 4 is 22.3 Å². The van der Waals surface area contributed by atoms with Gasteiger partial charge in [-0.3, -0.25) is 9.59 Å². The molecule has 1 aliphatic heterocycles. The Morgan fingerprint density at radius 1 is 1.15 bits per heavy atom. The number of para-hydroxylation sites is 1. The number of nitrogens with one attached hydrogen (secondary N) is 1. The average molecular weight is 358 g/mol. The Kier molecular flexibility index (Phi) is 3.57. The third kappa shape index (κ3) is 2.61. The van der Waals surface area contributed by atoms with Crippen LogP contribution >= 0.6 is 0 Å². The molecule has 4 aromatic rings. The molecule has 1 unspecified atom stereocenters. The Bertz CT molecular complexity index is 1190. The monoisotopic (exact) mass is 358 g/mol. The molecule has 6 nitrogen and oxygen atoms in total. The number of pyridine rings is 1. The van der Waals surface area contributed by atoms with Crippen LogP contribution in [0, 0.1) is 0 Å². The molecule has 1 aliphatic rings. The highest BCUT2D eigenvalue weighted by Crippen LogP contribution is 2.31. The number of amides is 1. The van der Waals surface area contributed by atoms with Gasteiger partial charge in [-0.15, -0.1) is 0 Å². The summed E-state index contributed by atoms with van der Waals surface area (Å²) in [6.45, 7) is 0.659. The maximum atomic E-state index is 13.1. The summed E-state index contributed by atoms with van der Waals surface area (Å²) in [5.41, 5.74) is 2.12. The minimum absolute atomic E-state index is 0.0305. The molecule has 0 saturated carbocycles. The summed E-state index contributed by atoms with van der Waals surface area (Å²) in [7, 11) is 0. The zero-order valence-corrected chi connectivity index (χ0v) is 14.6. The van der Waals surface area contributed by atoms with Gasteiger partial charge in [0.2, 0.25) is 0 Å². The molecule has 27 heavy (non-hydrogen) atoms. The van der Waals surface area contributed by atoms with E-state index in [1.54, 1.807) is 6.07 Å². The zero-order valence-electron chi connectivity index (χ0n) is 14.6. The molecular weight excluding hydrogens is 340 g/mol. The Hall–Kier alpha value is -3.41. The number of hydrogen-bond acceptors (Lipinski definition) is 3. The number of aromatic nitrogens is 3. The van der Waals surface area contributed by atoms with Gasteiger partial charge in [0.1, 0.15) is 5.82 Å². The molecule has 1 saturated heterocycles. The molecule has 4 heterocycles. The van der Waals surface area contributed by atoms with Crippen LogP contribution in [0.4, 0.5) is 0 Å². The molecule has 1 amide bonds. The fraction of sp³-hybridized carbons (Fsp3) is 0.190. The lowest BCUT2D eigenvalue weighted by molar-refractivity contribution is 0.0730. The predicted molar refractivity (Wildman–Crippen MR) is 103 cm³/mol. The maximum absolute atomic E-state index is 13.1. The topological polar surface area (TPSA) is 70.5 Å². The number of fused-ring (bicyclic) bond motifs is 2. The molecule has 0 bridgehead atoms. The molecule has 0 spiro atoms. The number of hydrogen-bond donors (Lipinski definition) is 1. The number of rotatable bonds is 2. The second kappa shape index (κ2) is 6.09. The van der Waals surface area contributed by atoms with Crippen molar-refractivity contribution in [3.05, 3.63) is 82.7 Å². The first-order valence-corrected chi connectivity index (χ1v) is 9.07. The van der Waals surface area contributed by atoms with Gasteiger partial charge in [-0.1, -0.05) is 18.2 Å². The minimum atomic E-state index is -0.210. The van der Waals surface area contributed by atoms with E-state index in [4.69, 9.17) is 0 Å². The molecule has 6 heteroatoms. The van der Waals surface area contributed by atoms with E-state index in [1.165, 1.54) is 0 Å². The van der Waals surface area contributed by atoms with Crippen molar-refractivity contribution in [2.45, 2.75) is 18.9 Å². The third-order valence-corrected chi connectivity index (χ3v) is 5.21. The number of carbonyl (C=O) groups excluding carboxylic acids is 1. The van der Waals surface area contributed by atoms with Crippen molar-refractivity contribution in [2.75, 3.05) is 6.54 Å². The van der Waals surface area contributed by atoms with Crippen molar-refractivity contribution in [1.82, 2.24) is 19.3 Å². The van der Waals surface area contributed by atoms with Crippen molar-refractivity contribution in [2.24, 2.45) is 0 Å². The van der Waals surface area contributed by atoms with E-state index >= 15 is 0 Å². The second-order valence-electron chi connectivity index (χ2n) is 6.89. The fourth-order valence-corrected chi connectivity index (χ4v) is 3.89. The molecule has 5 rings (SSSR count). The van der Waals surface area contributed by atoms with E-state index in [0.29, 0.717) is 28.8 Å². The summed E-state index contributed by atoms with van der Waals surface area (Å²) in [4.78, 5) is 34.9. The Balaban J connectivity index is 1.53. The van der Waals surface area contributed by atoms with Crippen molar-refractivity contribution in [1.29, 1.82) is 0 Å². The molecule has 3 aromatic heterocycles. The van der Waals surface area contributed by atoms with Gasteiger partial charge in [-0.2, -0.15) is 0 Å². The molecule has 1 atom stereocenters. The summed E-state index contributed by atoms with van der Waals surface area (Å²) in [5.74, 6) is 0.533. The molecule has 1 aromatic carbocycles. The Morgan fingerprint density at radius 2 is 2.00 bits per heavy atom. The summed E-state index contributed by atoms with van der Waals surface area (Å²) in [6.07, 6.45) is 5.46. The number of likely N-dealkylation sites (tertiary alicyclic amines) is 1. The first kappa shape index (κ1) is 15.8. The summed E-state index contributed by atoms with van der Waals surface area (Å²) in [6, 6.07) is 14.8. The number of nitrogens with zero attached hydrogens (tertiary/aromatic N) is 3. The summed E-state index contributed by atoms with van der Waals surface area (Å²) in [5, 5.41) is 0.566. The second-order valence-corrected chi connectivity index (χ2v) is 6.89. The molecule has 1 N–H and O–H groups in total. The van der Waals surface area contributed by atoms with Crippen LogP contribution in [0.3, 0.4) is 0 Å². The lowest BCUT2D eigenvalue weighted by atomic mass is 10.1. The van der Waals surface area contributed by atoms with Crippen LogP contribution in [0.1, 0.15) is 35.1 Å². The number of benzene rings is 1. The minimum Gasteiger partial charge on any atom is -0.328 e. The first-order chi connectivity index (χ1) is 13.2. The van der Waals surface area contributed by atoms with Gasteiger partial charge in [0.25, 0.3) is 11.5 Å². The van der Waals surface area contributed by atoms with E-state index in [2.05, 4.69) is 9.97 Å². The van der Waals surface area contributed by atoms with E-state index in [9.17, 15) is 9.59 Å². The van der Waals surface area contributed by atoms with E-state index in [-0.39, 0.29) is 17.5 Å². The number of carbonyl (C=O) groups is 1. The summed E-state index contributed by atoms with van der Waals surface area (Å²) < 4.78 is 1.94. The van der Waals surface area contributed by atoms with Crippen LogP contribution in [-0.2, 0) is 0 Å². The molecule has 134 valence electrons. The standard InChI is InChI=1S/C21H18N4O2/c26-20-16-7-1-2-8-17(16)22-19(23-20)18-9-5-11-25(18)21(27)14-12-15-6-3-4-10-24(15)13-14/h1-4,6-8,10,12-13,18H,5,9,11H2,(H,22,23,26). The van der Waals surface area contributed by atoms with Gasteiger partial charge >= 0.3 is 0 Å². The van der Waals surface area contributed by atoms with Crippen molar-refractivity contribution < 1.29 is 4.79 Å². The molecular formula is C21H18N4O2. The van der Waals surface area contributed by atoms with Crippen molar-refractivity contribution in [3.63, 3.8) is 0 Å².